The summed E-state index contributed by atoms with van der Waals surface area (Å²) in [6, 6.07) is 11.4. The Balaban J connectivity index is 1.53. The number of anilines is 3. The van der Waals surface area contributed by atoms with Gasteiger partial charge in [0.1, 0.15) is 6.54 Å². The smallest absolute Gasteiger partial charge is 0.244 e. The fraction of sp³-hybridized carbons (Fsp3) is 0.400. The molecule has 1 fully saturated rings. The predicted octanol–water partition coefficient (Wildman–Crippen LogP) is 3.08. The molecule has 2 aliphatic rings. The number of rotatable bonds is 6. The third kappa shape index (κ3) is 4.94. The van der Waals surface area contributed by atoms with Gasteiger partial charge in [0.2, 0.25) is 27.7 Å². The molecule has 3 amide bonds. The zero-order chi connectivity index (χ0) is 25.4. The Morgan fingerprint density at radius 3 is 2.14 bits per heavy atom. The molecule has 4 rings (SSSR count). The minimum Gasteiger partial charge on any atom is -0.326 e. The molecule has 2 aromatic carbocycles. The molecule has 1 saturated heterocycles. The van der Waals surface area contributed by atoms with Gasteiger partial charge in [-0.2, -0.15) is 4.31 Å². The van der Waals surface area contributed by atoms with E-state index in [1.165, 1.54) is 22.2 Å². The molecule has 2 aromatic rings. The SMILES string of the molecule is CC(=O)Nc1ccc(NC(=O)CN2C(=O)C(C)(C)c3cc(S(=O)(=O)N4CCCCC4)ccc32)cc1. The zero-order valence-corrected chi connectivity index (χ0v) is 20.9. The maximum Gasteiger partial charge on any atom is 0.244 e. The topological polar surface area (TPSA) is 116 Å². The van der Waals surface area contributed by atoms with Crippen molar-refractivity contribution in [2.45, 2.75) is 50.3 Å². The highest BCUT2D eigenvalue weighted by molar-refractivity contribution is 7.89. The van der Waals surface area contributed by atoms with E-state index in [0.29, 0.717) is 35.7 Å². The molecule has 2 N–H and O–H groups in total. The molecule has 0 aliphatic carbocycles. The highest BCUT2D eigenvalue weighted by Gasteiger charge is 2.45. The van der Waals surface area contributed by atoms with E-state index in [9.17, 15) is 22.8 Å². The third-order valence-corrected chi connectivity index (χ3v) is 8.35. The molecule has 2 heterocycles. The van der Waals surface area contributed by atoms with Crippen LogP contribution in [0.15, 0.2) is 47.4 Å². The number of nitrogens with one attached hydrogen (secondary N) is 2. The lowest BCUT2D eigenvalue weighted by molar-refractivity contribution is -0.124. The maximum absolute atomic E-state index is 13.2. The minimum atomic E-state index is -3.65. The fourth-order valence-corrected chi connectivity index (χ4v) is 6.11. The van der Waals surface area contributed by atoms with Crippen molar-refractivity contribution < 1.29 is 22.8 Å². The van der Waals surface area contributed by atoms with Crippen molar-refractivity contribution in [3.63, 3.8) is 0 Å². The minimum absolute atomic E-state index is 0.171. The van der Waals surface area contributed by atoms with Gasteiger partial charge in [-0.1, -0.05) is 6.42 Å². The summed E-state index contributed by atoms with van der Waals surface area (Å²) in [7, 11) is -3.65. The number of carbonyl (C=O) groups excluding carboxylic acids is 3. The number of benzene rings is 2. The Bertz CT molecular complexity index is 1270. The number of piperidine rings is 1. The van der Waals surface area contributed by atoms with E-state index < -0.39 is 15.4 Å². The second-order valence-corrected chi connectivity index (χ2v) is 11.4. The molecule has 35 heavy (non-hydrogen) atoms. The first-order chi connectivity index (χ1) is 16.5. The lowest BCUT2D eigenvalue weighted by Crippen LogP contribution is -2.40. The predicted molar refractivity (Wildman–Crippen MR) is 134 cm³/mol. The first-order valence-electron chi connectivity index (χ1n) is 11.6. The van der Waals surface area contributed by atoms with E-state index in [1.807, 2.05) is 0 Å². The lowest BCUT2D eigenvalue weighted by atomic mass is 9.86. The van der Waals surface area contributed by atoms with Gasteiger partial charge in [0.05, 0.1) is 10.3 Å². The molecule has 0 bridgehead atoms. The van der Waals surface area contributed by atoms with Gasteiger partial charge in [-0.15, -0.1) is 0 Å². The Hall–Kier alpha value is -3.24. The highest BCUT2D eigenvalue weighted by atomic mass is 32.2. The van der Waals surface area contributed by atoms with Crippen molar-refractivity contribution in [1.82, 2.24) is 4.31 Å². The van der Waals surface area contributed by atoms with Crippen molar-refractivity contribution in [1.29, 1.82) is 0 Å². The summed E-state index contributed by atoms with van der Waals surface area (Å²) in [4.78, 5) is 38.7. The molecule has 0 spiro atoms. The molecule has 0 saturated carbocycles. The van der Waals surface area contributed by atoms with Gasteiger partial charge in [-0.25, -0.2) is 8.42 Å². The van der Waals surface area contributed by atoms with Gasteiger partial charge in [-0.3, -0.25) is 14.4 Å². The van der Waals surface area contributed by atoms with Gasteiger partial charge >= 0.3 is 0 Å². The largest absolute Gasteiger partial charge is 0.326 e. The summed E-state index contributed by atoms with van der Waals surface area (Å²) >= 11 is 0. The molecule has 186 valence electrons. The molecule has 9 nitrogen and oxygen atoms in total. The van der Waals surface area contributed by atoms with Crippen molar-refractivity contribution in [2.75, 3.05) is 35.2 Å². The average Bonchev–Trinajstić information content (AvgIpc) is 3.01. The Kier molecular flexibility index (Phi) is 6.70. The summed E-state index contributed by atoms with van der Waals surface area (Å²) in [6.07, 6.45) is 2.70. The summed E-state index contributed by atoms with van der Waals surface area (Å²) in [5.74, 6) is -0.849. The summed E-state index contributed by atoms with van der Waals surface area (Å²) in [5.41, 5.74) is 1.29. The van der Waals surface area contributed by atoms with Crippen molar-refractivity contribution in [2.24, 2.45) is 0 Å². The number of nitrogens with zero attached hydrogens (tertiary/aromatic N) is 2. The van der Waals surface area contributed by atoms with Crippen molar-refractivity contribution in [3.8, 4) is 0 Å². The van der Waals surface area contributed by atoms with E-state index in [-0.39, 0.29) is 29.2 Å². The maximum atomic E-state index is 13.2. The number of amides is 3. The first kappa shape index (κ1) is 24.9. The van der Waals surface area contributed by atoms with Gasteiger partial charge < -0.3 is 15.5 Å². The molecule has 0 aromatic heterocycles. The summed E-state index contributed by atoms with van der Waals surface area (Å²) < 4.78 is 27.8. The molecule has 0 atom stereocenters. The van der Waals surface area contributed by atoms with Gasteiger partial charge in [0, 0.05) is 37.1 Å². The molecule has 10 heteroatoms. The number of carbonyl (C=O) groups is 3. The average molecular weight is 499 g/mol. The first-order valence-corrected chi connectivity index (χ1v) is 13.1. The van der Waals surface area contributed by atoms with Crippen LogP contribution in [-0.4, -0.2) is 50.1 Å². The van der Waals surface area contributed by atoms with E-state index >= 15 is 0 Å². The summed E-state index contributed by atoms with van der Waals surface area (Å²) in [5, 5.41) is 5.41. The molecule has 0 unspecified atom stereocenters. The lowest BCUT2D eigenvalue weighted by Gasteiger charge is -2.26. The van der Waals surface area contributed by atoms with Crippen LogP contribution in [-0.2, 0) is 29.8 Å². The monoisotopic (exact) mass is 498 g/mol. The third-order valence-electron chi connectivity index (χ3n) is 6.46. The summed E-state index contributed by atoms with van der Waals surface area (Å²) in [6.45, 7) is 5.68. The second kappa shape index (κ2) is 9.43. The van der Waals surface area contributed by atoms with Gasteiger partial charge in [-0.05, 0) is 74.7 Å². The number of fused-ring (bicyclic) bond motifs is 1. The Labute approximate surface area is 205 Å². The second-order valence-electron chi connectivity index (χ2n) is 9.47. The number of sulfonamides is 1. The molecular formula is C25H30N4O5S. The normalized spacial score (nSPS) is 17.7. The van der Waals surface area contributed by atoms with Crippen LogP contribution < -0.4 is 15.5 Å². The zero-order valence-electron chi connectivity index (χ0n) is 20.1. The number of hydrogen-bond acceptors (Lipinski definition) is 5. The van der Waals surface area contributed by atoms with E-state index in [2.05, 4.69) is 10.6 Å². The fourth-order valence-electron chi connectivity index (χ4n) is 4.57. The standard InChI is InChI=1S/C25H30N4O5S/c1-17(30)26-18-7-9-19(10-8-18)27-23(31)16-29-22-12-11-20(15-21(22)25(2,3)24(29)32)35(33,34)28-13-5-4-6-14-28/h7-12,15H,4-6,13-14,16H2,1-3H3,(H,26,30)(H,27,31). The van der Waals surface area contributed by atoms with E-state index in [4.69, 9.17) is 0 Å². The van der Waals surface area contributed by atoms with Gasteiger partial charge in [0.25, 0.3) is 0 Å². The van der Waals surface area contributed by atoms with Crippen LogP contribution in [0.5, 0.6) is 0 Å². The molecule has 0 radical (unpaired) electrons. The van der Waals surface area contributed by atoms with Crippen LogP contribution in [0, 0.1) is 0 Å². The van der Waals surface area contributed by atoms with Crippen LogP contribution in [0.1, 0.15) is 45.6 Å². The Morgan fingerprint density at radius 1 is 0.943 bits per heavy atom. The van der Waals surface area contributed by atoms with E-state index in [0.717, 1.165) is 19.3 Å². The number of hydrogen-bond donors (Lipinski definition) is 2. The van der Waals surface area contributed by atoms with Crippen LogP contribution in [0.2, 0.25) is 0 Å². The van der Waals surface area contributed by atoms with Crippen LogP contribution in [0.4, 0.5) is 17.1 Å². The molecular weight excluding hydrogens is 468 g/mol. The van der Waals surface area contributed by atoms with Crippen molar-refractivity contribution >= 4 is 44.8 Å². The van der Waals surface area contributed by atoms with Gasteiger partial charge in [0.15, 0.2) is 0 Å². The van der Waals surface area contributed by atoms with E-state index in [1.54, 1.807) is 50.2 Å². The molecule has 2 aliphatic heterocycles. The van der Waals surface area contributed by atoms with Crippen LogP contribution >= 0.6 is 0 Å². The quantitative estimate of drug-likeness (QED) is 0.635. The van der Waals surface area contributed by atoms with Crippen LogP contribution in [0.3, 0.4) is 0 Å². The Morgan fingerprint density at radius 2 is 1.54 bits per heavy atom. The van der Waals surface area contributed by atoms with Crippen molar-refractivity contribution in [3.05, 3.63) is 48.0 Å². The highest BCUT2D eigenvalue weighted by Crippen LogP contribution is 2.43. The van der Waals surface area contributed by atoms with Crippen LogP contribution in [0.25, 0.3) is 0 Å².